The van der Waals surface area contributed by atoms with Gasteiger partial charge in [-0.3, -0.25) is 19.8 Å². The number of methoxy groups -OCH3 is 1. The number of carbonyl (C=O) groups is 3. The Bertz CT molecular complexity index is 320. The van der Waals surface area contributed by atoms with Crippen LogP contribution in [0.3, 0.4) is 0 Å². The lowest BCUT2D eigenvalue weighted by Gasteiger charge is -2.26. The lowest BCUT2D eigenvalue weighted by molar-refractivity contribution is -0.141. The number of likely N-dealkylation sites (N-methyl/N-ethyl adjacent to an activating group) is 1. The van der Waals surface area contributed by atoms with E-state index in [0.29, 0.717) is 19.6 Å². The van der Waals surface area contributed by atoms with Gasteiger partial charge in [0.15, 0.2) is 0 Å². The van der Waals surface area contributed by atoms with Gasteiger partial charge in [-0.2, -0.15) is 0 Å². The number of ether oxygens (including phenoxy) is 1. The van der Waals surface area contributed by atoms with E-state index >= 15 is 0 Å². The molecule has 19 heavy (non-hydrogen) atoms. The van der Waals surface area contributed by atoms with Crippen molar-refractivity contribution in [3.63, 3.8) is 0 Å². The van der Waals surface area contributed by atoms with E-state index in [1.165, 1.54) is 7.11 Å². The summed E-state index contributed by atoms with van der Waals surface area (Å²) in [4.78, 5) is 35.9. The van der Waals surface area contributed by atoms with Gasteiger partial charge in [0.1, 0.15) is 0 Å². The van der Waals surface area contributed by atoms with Crippen LogP contribution in [0.4, 0.5) is 4.79 Å². The van der Waals surface area contributed by atoms with Crippen molar-refractivity contribution in [2.24, 2.45) is 0 Å². The number of urea groups is 1. The molecule has 0 aliphatic heterocycles. The van der Waals surface area contributed by atoms with Crippen molar-refractivity contribution in [3.05, 3.63) is 0 Å². The largest absolute Gasteiger partial charge is 0.469 e. The molecule has 0 aromatic rings. The Morgan fingerprint density at radius 1 is 1.26 bits per heavy atom. The summed E-state index contributed by atoms with van der Waals surface area (Å²) in [6.45, 7) is 6.80. The van der Waals surface area contributed by atoms with E-state index in [4.69, 9.17) is 0 Å². The van der Waals surface area contributed by atoms with Crippen LogP contribution < -0.4 is 10.6 Å². The fraction of sp³-hybridized carbons (Fsp3) is 0.750. The maximum atomic E-state index is 11.8. The van der Waals surface area contributed by atoms with Crippen LogP contribution in [0, 0.1) is 0 Å². The fourth-order valence-electron chi connectivity index (χ4n) is 1.55. The predicted molar refractivity (Wildman–Crippen MR) is 70.6 cm³/mol. The second-order valence-electron chi connectivity index (χ2n) is 3.98. The van der Waals surface area contributed by atoms with E-state index in [9.17, 15) is 14.4 Å². The maximum Gasteiger partial charge on any atom is 0.321 e. The van der Waals surface area contributed by atoms with Crippen molar-refractivity contribution in [1.82, 2.24) is 15.5 Å². The highest BCUT2D eigenvalue weighted by Crippen LogP contribution is 2.01. The number of rotatable bonds is 7. The van der Waals surface area contributed by atoms with Crippen molar-refractivity contribution in [2.75, 3.05) is 26.7 Å². The Morgan fingerprint density at radius 2 is 1.89 bits per heavy atom. The number of esters is 1. The minimum absolute atomic E-state index is 0.211. The molecule has 0 fully saturated rings. The number of carbonyl (C=O) groups excluding carboxylic acids is 3. The monoisotopic (exact) mass is 273 g/mol. The highest BCUT2D eigenvalue weighted by Gasteiger charge is 2.22. The van der Waals surface area contributed by atoms with Crippen molar-refractivity contribution < 1.29 is 19.1 Å². The second kappa shape index (κ2) is 9.32. The second-order valence-corrected chi connectivity index (χ2v) is 3.98. The Kier molecular flexibility index (Phi) is 8.52. The molecule has 0 saturated heterocycles. The van der Waals surface area contributed by atoms with Crippen LogP contribution in [-0.2, 0) is 14.3 Å². The zero-order valence-corrected chi connectivity index (χ0v) is 12.0. The lowest BCUT2D eigenvalue weighted by Crippen LogP contribution is -2.50. The Labute approximate surface area is 113 Å². The molecule has 3 amide bonds. The molecule has 0 saturated carbocycles. The third-order valence-corrected chi connectivity index (χ3v) is 2.74. The van der Waals surface area contributed by atoms with E-state index in [1.54, 1.807) is 18.7 Å². The number of imide groups is 1. The first kappa shape index (κ1) is 17.4. The van der Waals surface area contributed by atoms with E-state index in [0.717, 1.165) is 0 Å². The number of hydrogen-bond donors (Lipinski definition) is 2. The van der Waals surface area contributed by atoms with Gasteiger partial charge in [0.05, 0.1) is 19.6 Å². The molecular formula is C12H23N3O4. The van der Waals surface area contributed by atoms with Crippen LogP contribution >= 0.6 is 0 Å². The van der Waals surface area contributed by atoms with Crippen molar-refractivity contribution in [1.29, 1.82) is 0 Å². The molecule has 0 aromatic heterocycles. The van der Waals surface area contributed by atoms with Crippen molar-refractivity contribution >= 4 is 17.9 Å². The molecule has 2 N–H and O–H groups in total. The van der Waals surface area contributed by atoms with Gasteiger partial charge in [0.2, 0.25) is 5.91 Å². The van der Waals surface area contributed by atoms with E-state index in [2.05, 4.69) is 15.4 Å². The van der Waals surface area contributed by atoms with Crippen LogP contribution in [0.25, 0.3) is 0 Å². The molecule has 1 atom stereocenters. The van der Waals surface area contributed by atoms with E-state index in [-0.39, 0.29) is 12.4 Å². The standard InChI is InChI=1S/C12H23N3O4/c1-5-13-12(18)14-11(17)9(3)15(6-2)8-7-10(16)19-4/h9H,5-8H2,1-4H3,(H2,13,14,17,18). The molecule has 0 radical (unpaired) electrons. The molecule has 0 rings (SSSR count). The molecule has 1 unspecified atom stereocenters. The van der Waals surface area contributed by atoms with E-state index in [1.807, 2.05) is 6.92 Å². The predicted octanol–water partition coefficient (Wildman–Crippen LogP) is 0.106. The van der Waals surface area contributed by atoms with Gasteiger partial charge in [0.25, 0.3) is 0 Å². The van der Waals surface area contributed by atoms with Gasteiger partial charge in [-0.05, 0) is 20.4 Å². The molecule has 0 aromatic carbocycles. The molecular weight excluding hydrogens is 250 g/mol. The van der Waals surface area contributed by atoms with Crippen LogP contribution in [0.5, 0.6) is 0 Å². The molecule has 7 heteroatoms. The zero-order valence-electron chi connectivity index (χ0n) is 12.0. The average Bonchev–Trinajstić information content (AvgIpc) is 2.38. The lowest BCUT2D eigenvalue weighted by atomic mass is 10.2. The van der Waals surface area contributed by atoms with Gasteiger partial charge in [-0.15, -0.1) is 0 Å². The van der Waals surface area contributed by atoms with Gasteiger partial charge in [0, 0.05) is 13.1 Å². The van der Waals surface area contributed by atoms with Gasteiger partial charge in [-0.25, -0.2) is 4.79 Å². The van der Waals surface area contributed by atoms with E-state index < -0.39 is 18.0 Å². The quantitative estimate of drug-likeness (QED) is 0.643. The summed E-state index contributed by atoms with van der Waals surface area (Å²) in [5, 5.41) is 4.73. The molecule has 0 heterocycles. The maximum absolute atomic E-state index is 11.8. The fourth-order valence-corrected chi connectivity index (χ4v) is 1.55. The molecule has 0 bridgehead atoms. The minimum atomic E-state index is -0.511. The summed E-state index contributed by atoms with van der Waals surface area (Å²) in [5.41, 5.74) is 0. The van der Waals surface area contributed by atoms with Crippen molar-refractivity contribution in [3.8, 4) is 0 Å². The zero-order chi connectivity index (χ0) is 14.8. The Hall–Kier alpha value is -1.63. The average molecular weight is 273 g/mol. The van der Waals surface area contributed by atoms with Crippen LogP contribution in [0.1, 0.15) is 27.2 Å². The molecule has 7 nitrogen and oxygen atoms in total. The molecule has 110 valence electrons. The number of nitrogens with zero attached hydrogens (tertiary/aromatic N) is 1. The topological polar surface area (TPSA) is 87.7 Å². The minimum Gasteiger partial charge on any atom is -0.469 e. The molecule has 0 spiro atoms. The smallest absolute Gasteiger partial charge is 0.321 e. The summed E-state index contributed by atoms with van der Waals surface area (Å²) >= 11 is 0. The normalized spacial score (nSPS) is 11.8. The third kappa shape index (κ3) is 6.76. The first-order valence-electron chi connectivity index (χ1n) is 6.35. The van der Waals surface area contributed by atoms with Crippen LogP contribution in [0.15, 0.2) is 0 Å². The summed E-state index contributed by atoms with van der Waals surface area (Å²) < 4.78 is 4.55. The van der Waals surface area contributed by atoms with Gasteiger partial charge >= 0.3 is 12.0 Å². The third-order valence-electron chi connectivity index (χ3n) is 2.74. The summed E-state index contributed by atoms with van der Waals surface area (Å²) in [6.07, 6.45) is 0.211. The molecule has 0 aliphatic carbocycles. The Balaban J connectivity index is 4.32. The summed E-state index contributed by atoms with van der Waals surface area (Å²) in [7, 11) is 1.32. The molecule has 0 aliphatic rings. The summed E-state index contributed by atoms with van der Waals surface area (Å²) in [6, 6.07) is -0.999. The van der Waals surface area contributed by atoms with Gasteiger partial charge in [-0.1, -0.05) is 6.92 Å². The summed E-state index contributed by atoms with van der Waals surface area (Å²) in [5.74, 6) is -0.715. The van der Waals surface area contributed by atoms with Crippen LogP contribution in [-0.4, -0.2) is 55.6 Å². The number of hydrogen-bond acceptors (Lipinski definition) is 5. The Morgan fingerprint density at radius 3 is 2.37 bits per heavy atom. The highest BCUT2D eigenvalue weighted by molar-refractivity contribution is 5.96. The first-order valence-corrected chi connectivity index (χ1v) is 6.35. The SMILES string of the molecule is CCNC(=O)NC(=O)C(C)N(CC)CCC(=O)OC. The number of nitrogens with one attached hydrogen (secondary N) is 2. The number of amides is 3. The highest BCUT2D eigenvalue weighted by atomic mass is 16.5. The van der Waals surface area contributed by atoms with Crippen molar-refractivity contribution in [2.45, 2.75) is 33.2 Å². The van der Waals surface area contributed by atoms with Crippen LogP contribution in [0.2, 0.25) is 0 Å². The van der Waals surface area contributed by atoms with Gasteiger partial charge < -0.3 is 10.1 Å². The first-order chi connectivity index (χ1) is 8.96.